The molecule has 5 heteroatoms. The van der Waals surface area contributed by atoms with Crippen LogP contribution in [0.2, 0.25) is 0 Å². The first-order valence-corrected chi connectivity index (χ1v) is 9.74. The largest absolute Gasteiger partial charge is 0.256 e. The van der Waals surface area contributed by atoms with Gasteiger partial charge in [-0.1, -0.05) is 60.2 Å². The Bertz CT molecular complexity index is 1370. The van der Waals surface area contributed by atoms with Gasteiger partial charge in [0, 0.05) is 28.1 Å². The van der Waals surface area contributed by atoms with Crippen molar-refractivity contribution in [2.45, 2.75) is 6.92 Å². The number of anilines is 1. The van der Waals surface area contributed by atoms with E-state index in [2.05, 4.69) is 51.7 Å². The molecule has 0 fully saturated rings. The Labute approximate surface area is 174 Å². The number of hydrazone groups is 1. The summed E-state index contributed by atoms with van der Waals surface area (Å²) in [6.07, 6.45) is 3.56. The molecule has 0 atom stereocenters. The predicted molar refractivity (Wildman–Crippen MR) is 123 cm³/mol. The second-order valence-electron chi connectivity index (χ2n) is 7.07. The van der Waals surface area contributed by atoms with Gasteiger partial charge in [-0.2, -0.15) is 5.10 Å². The lowest BCUT2D eigenvalue weighted by atomic mass is 10.0. The average Bonchev–Trinajstić information content (AvgIpc) is 2.79. The zero-order valence-corrected chi connectivity index (χ0v) is 16.4. The third kappa shape index (κ3) is 3.49. The number of nitrogens with zero attached hydrogens (tertiary/aromatic N) is 4. The van der Waals surface area contributed by atoms with Crippen LogP contribution in [0.3, 0.4) is 0 Å². The monoisotopic (exact) mass is 389 g/mol. The molecule has 1 N–H and O–H groups in total. The summed E-state index contributed by atoms with van der Waals surface area (Å²) in [6, 6.07) is 26.3. The van der Waals surface area contributed by atoms with Crippen molar-refractivity contribution in [2.24, 2.45) is 5.10 Å². The molecule has 0 aliphatic rings. The Morgan fingerprint density at radius 1 is 0.800 bits per heavy atom. The molecular weight excluding hydrogens is 370 g/mol. The minimum absolute atomic E-state index is 0.458. The smallest absolute Gasteiger partial charge is 0.244 e. The normalized spacial score (nSPS) is 11.4. The second kappa shape index (κ2) is 7.72. The quantitative estimate of drug-likeness (QED) is 0.321. The van der Waals surface area contributed by atoms with Gasteiger partial charge in [-0.3, -0.25) is 4.98 Å². The summed E-state index contributed by atoms with van der Waals surface area (Å²) in [5.41, 5.74) is 8.90. The highest BCUT2D eigenvalue weighted by atomic mass is 15.3. The molecule has 0 amide bonds. The van der Waals surface area contributed by atoms with E-state index in [0.717, 1.165) is 38.6 Å². The summed E-state index contributed by atoms with van der Waals surface area (Å²) >= 11 is 0. The number of rotatable bonds is 4. The molecule has 5 rings (SSSR count). The molecule has 5 aromatic rings. The number of aryl methyl sites for hydroxylation is 1. The Kier molecular flexibility index (Phi) is 4.62. The Morgan fingerprint density at radius 2 is 1.63 bits per heavy atom. The standard InChI is InChI=1S/C25H19N5/c1-17-11-12-23-21(15-17)24(18-7-3-2-4-8-18)29-25(28-23)30-27-16-19-13-14-26-22-10-6-5-9-20(19)22/h2-16H,1H3,(H,28,29,30). The predicted octanol–water partition coefficient (Wildman–Crippen LogP) is 5.60. The number of nitrogens with one attached hydrogen (secondary N) is 1. The van der Waals surface area contributed by atoms with Crippen molar-refractivity contribution in [3.63, 3.8) is 0 Å². The zero-order valence-electron chi connectivity index (χ0n) is 16.4. The number of para-hydroxylation sites is 1. The molecule has 2 aromatic heterocycles. The Hall–Kier alpha value is -4.12. The molecule has 5 nitrogen and oxygen atoms in total. The molecule has 2 heterocycles. The number of fused-ring (bicyclic) bond motifs is 2. The van der Waals surface area contributed by atoms with Gasteiger partial charge < -0.3 is 0 Å². The topological polar surface area (TPSA) is 63.1 Å². The maximum Gasteiger partial charge on any atom is 0.244 e. The van der Waals surface area contributed by atoms with Crippen molar-refractivity contribution in [1.82, 2.24) is 15.0 Å². The number of hydrogen-bond acceptors (Lipinski definition) is 5. The minimum atomic E-state index is 0.458. The van der Waals surface area contributed by atoms with E-state index in [1.165, 1.54) is 5.56 Å². The van der Waals surface area contributed by atoms with Gasteiger partial charge in [0.15, 0.2) is 0 Å². The number of pyridine rings is 1. The van der Waals surface area contributed by atoms with Crippen molar-refractivity contribution in [1.29, 1.82) is 0 Å². The van der Waals surface area contributed by atoms with Gasteiger partial charge >= 0.3 is 0 Å². The van der Waals surface area contributed by atoms with Gasteiger partial charge in [-0.25, -0.2) is 15.4 Å². The highest BCUT2D eigenvalue weighted by molar-refractivity contribution is 5.98. The van der Waals surface area contributed by atoms with Crippen LogP contribution in [0.4, 0.5) is 5.95 Å². The van der Waals surface area contributed by atoms with Crippen LogP contribution in [-0.2, 0) is 0 Å². The molecule has 3 aromatic carbocycles. The fourth-order valence-electron chi connectivity index (χ4n) is 3.50. The molecular formula is C25H19N5. The first-order chi connectivity index (χ1) is 14.8. The van der Waals surface area contributed by atoms with Crippen LogP contribution >= 0.6 is 0 Å². The summed E-state index contributed by atoms with van der Waals surface area (Å²) in [4.78, 5) is 13.8. The first kappa shape index (κ1) is 17.9. The van der Waals surface area contributed by atoms with Crippen molar-refractivity contribution >= 4 is 34.0 Å². The molecule has 144 valence electrons. The van der Waals surface area contributed by atoms with E-state index in [1.54, 1.807) is 12.4 Å². The number of benzene rings is 3. The van der Waals surface area contributed by atoms with E-state index in [9.17, 15) is 0 Å². The van der Waals surface area contributed by atoms with Gasteiger partial charge in [0.1, 0.15) is 0 Å². The lowest BCUT2D eigenvalue weighted by molar-refractivity contribution is 1.15. The second-order valence-corrected chi connectivity index (χ2v) is 7.07. The lowest BCUT2D eigenvalue weighted by Crippen LogP contribution is -2.00. The van der Waals surface area contributed by atoms with E-state index in [-0.39, 0.29) is 0 Å². The fraction of sp³-hybridized carbons (Fsp3) is 0.0400. The molecule has 30 heavy (non-hydrogen) atoms. The van der Waals surface area contributed by atoms with Crippen LogP contribution in [0.15, 0.2) is 90.2 Å². The van der Waals surface area contributed by atoms with Crippen molar-refractivity contribution in [2.75, 3.05) is 5.43 Å². The highest BCUT2D eigenvalue weighted by Crippen LogP contribution is 2.28. The maximum absolute atomic E-state index is 4.76. The zero-order chi connectivity index (χ0) is 20.3. The van der Waals surface area contributed by atoms with Crippen LogP contribution < -0.4 is 5.43 Å². The van der Waals surface area contributed by atoms with Gasteiger partial charge in [-0.15, -0.1) is 0 Å². The molecule has 0 aliphatic carbocycles. The summed E-state index contributed by atoms with van der Waals surface area (Å²) in [5.74, 6) is 0.458. The van der Waals surface area contributed by atoms with E-state index in [4.69, 9.17) is 4.98 Å². The SMILES string of the molecule is Cc1ccc2nc(NN=Cc3ccnc4ccccc34)nc(-c3ccccc3)c2c1. The van der Waals surface area contributed by atoms with Gasteiger partial charge in [-0.05, 0) is 31.2 Å². The van der Waals surface area contributed by atoms with Crippen molar-refractivity contribution in [3.05, 3.63) is 96.2 Å². The Morgan fingerprint density at radius 3 is 2.53 bits per heavy atom. The molecule has 0 bridgehead atoms. The molecule has 0 radical (unpaired) electrons. The van der Waals surface area contributed by atoms with E-state index >= 15 is 0 Å². The minimum Gasteiger partial charge on any atom is -0.256 e. The molecule has 0 spiro atoms. The molecule has 0 aliphatic heterocycles. The van der Waals surface area contributed by atoms with E-state index in [1.807, 2.05) is 54.6 Å². The number of hydrogen-bond donors (Lipinski definition) is 1. The van der Waals surface area contributed by atoms with Gasteiger partial charge in [0.2, 0.25) is 5.95 Å². The third-order valence-corrected chi connectivity index (χ3v) is 4.95. The van der Waals surface area contributed by atoms with E-state index < -0.39 is 0 Å². The summed E-state index contributed by atoms with van der Waals surface area (Å²) in [7, 11) is 0. The van der Waals surface area contributed by atoms with Gasteiger partial charge in [0.05, 0.1) is 22.9 Å². The van der Waals surface area contributed by atoms with Crippen LogP contribution in [0.25, 0.3) is 33.1 Å². The van der Waals surface area contributed by atoms with Crippen molar-refractivity contribution < 1.29 is 0 Å². The third-order valence-electron chi connectivity index (χ3n) is 4.95. The highest BCUT2D eigenvalue weighted by Gasteiger charge is 2.10. The van der Waals surface area contributed by atoms with Crippen molar-refractivity contribution in [3.8, 4) is 11.3 Å². The number of aromatic nitrogens is 3. The van der Waals surface area contributed by atoms with Crippen LogP contribution in [-0.4, -0.2) is 21.2 Å². The maximum atomic E-state index is 4.76. The van der Waals surface area contributed by atoms with E-state index in [0.29, 0.717) is 5.95 Å². The Balaban J connectivity index is 1.53. The molecule has 0 unspecified atom stereocenters. The lowest BCUT2D eigenvalue weighted by Gasteiger charge is -2.09. The summed E-state index contributed by atoms with van der Waals surface area (Å²) in [6.45, 7) is 2.07. The van der Waals surface area contributed by atoms with Gasteiger partial charge in [0.25, 0.3) is 0 Å². The van der Waals surface area contributed by atoms with Crippen LogP contribution in [0.1, 0.15) is 11.1 Å². The summed E-state index contributed by atoms with van der Waals surface area (Å²) in [5, 5.41) is 6.46. The average molecular weight is 389 g/mol. The fourth-order valence-corrected chi connectivity index (χ4v) is 3.50. The first-order valence-electron chi connectivity index (χ1n) is 9.74. The van der Waals surface area contributed by atoms with Crippen LogP contribution in [0.5, 0.6) is 0 Å². The molecule has 0 saturated carbocycles. The molecule has 0 saturated heterocycles. The van der Waals surface area contributed by atoms with Crippen LogP contribution in [0, 0.1) is 6.92 Å². The summed E-state index contributed by atoms with van der Waals surface area (Å²) < 4.78 is 0.